The zero-order valence-electron chi connectivity index (χ0n) is 15.4. The molecule has 0 saturated carbocycles. The Bertz CT molecular complexity index is 1050. The first kappa shape index (κ1) is 19.0. The number of anilines is 1. The van der Waals surface area contributed by atoms with Crippen LogP contribution in [-0.4, -0.2) is 23.9 Å². The van der Waals surface area contributed by atoms with E-state index in [0.717, 1.165) is 24.4 Å². The molecule has 0 spiro atoms. The average molecular weight is 412 g/mol. The monoisotopic (exact) mass is 411 g/mol. The van der Waals surface area contributed by atoms with Gasteiger partial charge in [-0.25, -0.2) is 0 Å². The smallest absolute Gasteiger partial charge is 0.288 e. The third-order valence-corrected chi connectivity index (χ3v) is 5.35. The second-order valence-corrected chi connectivity index (χ2v) is 7.14. The second kappa shape index (κ2) is 7.97. The number of nitrogens with zero attached hydrogens (tertiary/aromatic N) is 2. The van der Waals surface area contributed by atoms with Crippen LogP contribution in [0.5, 0.6) is 0 Å². The number of fused-ring (bicyclic) bond motifs is 1. The van der Waals surface area contributed by atoms with Gasteiger partial charge < -0.3 is 14.6 Å². The fourth-order valence-corrected chi connectivity index (χ4v) is 3.80. The van der Waals surface area contributed by atoms with E-state index in [2.05, 4.69) is 22.3 Å². The molecular weight excluding hydrogens is 394 g/mol. The van der Waals surface area contributed by atoms with Crippen LogP contribution in [0.3, 0.4) is 0 Å². The van der Waals surface area contributed by atoms with Crippen molar-refractivity contribution in [1.29, 1.82) is 0 Å². The van der Waals surface area contributed by atoms with Crippen LogP contribution in [0.4, 0.5) is 11.4 Å². The number of nitrogens with one attached hydrogen (secondary N) is 1. The van der Waals surface area contributed by atoms with Gasteiger partial charge in [-0.2, -0.15) is 0 Å². The first-order valence-electron chi connectivity index (χ1n) is 9.14. The number of nitro benzene ring substituents is 1. The molecular formula is C21H18ClN3O4. The molecule has 1 amide bonds. The lowest BCUT2D eigenvalue weighted by atomic mass is 10.1. The van der Waals surface area contributed by atoms with Gasteiger partial charge in [-0.05, 0) is 42.3 Å². The predicted molar refractivity (Wildman–Crippen MR) is 109 cm³/mol. The summed E-state index contributed by atoms with van der Waals surface area (Å²) in [5.74, 6) is 0.331. The number of carbonyl (C=O) groups excluding carboxylic acids is 1. The highest BCUT2D eigenvalue weighted by Gasteiger charge is 2.29. The van der Waals surface area contributed by atoms with Crippen LogP contribution in [0.1, 0.15) is 27.7 Å². The van der Waals surface area contributed by atoms with Gasteiger partial charge in [0.25, 0.3) is 11.6 Å². The fourth-order valence-electron chi connectivity index (χ4n) is 3.62. The van der Waals surface area contributed by atoms with Crippen LogP contribution in [-0.2, 0) is 6.42 Å². The van der Waals surface area contributed by atoms with Gasteiger partial charge in [-0.3, -0.25) is 14.9 Å². The zero-order chi connectivity index (χ0) is 20.4. The van der Waals surface area contributed by atoms with E-state index in [1.54, 1.807) is 6.26 Å². The van der Waals surface area contributed by atoms with Crippen molar-refractivity contribution in [1.82, 2.24) is 5.32 Å². The van der Waals surface area contributed by atoms with Crippen molar-refractivity contribution in [3.05, 3.63) is 92.9 Å². The van der Waals surface area contributed by atoms with E-state index in [1.165, 1.54) is 23.8 Å². The molecule has 0 unspecified atom stereocenters. The van der Waals surface area contributed by atoms with Crippen LogP contribution in [0, 0.1) is 10.1 Å². The lowest BCUT2D eigenvalue weighted by Crippen LogP contribution is -2.37. The minimum absolute atomic E-state index is 0.00585. The van der Waals surface area contributed by atoms with Crippen molar-refractivity contribution in [2.75, 3.05) is 18.0 Å². The Morgan fingerprint density at radius 1 is 1.24 bits per heavy atom. The molecule has 2 aromatic carbocycles. The summed E-state index contributed by atoms with van der Waals surface area (Å²) in [6.45, 7) is 1.10. The first-order valence-corrected chi connectivity index (χ1v) is 9.52. The normalized spacial score (nSPS) is 13.8. The third-order valence-electron chi connectivity index (χ3n) is 5.03. The van der Waals surface area contributed by atoms with Gasteiger partial charge in [0.15, 0.2) is 0 Å². The number of para-hydroxylation sites is 1. The number of nitro groups is 1. The molecule has 4 rings (SSSR count). The number of benzene rings is 2. The van der Waals surface area contributed by atoms with Gasteiger partial charge >= 0.3 is 0 Å². The summed E-state index contributed by atoms with van der Waals surface area (Å²) in [6.07, 6.45) is 2.53. The molecule has 0 saturated heterocycles. The van der Waals surface area contributed by atoms with Crippen LogP contribution >= 0.6 is 11.6 Å². The van der Waals surface area contributed by atoms with Crippen LogP contribution in [0.25, 0.3) is 0 Å². The van der Waals surface area contributed by atoms with E-state index in [9.17, 15) is 14.9 Å². The summed E-state index contributed by atoms with van der Waals surface area (Å²) in [4.78, 5) is 25.3. The molecule has 1 aromatic heterocycles. The van der Waals surface area contributed by atoms with E-state index in [4.69, 9.17) is 16.0 Å². The summed E-state index contributed by atoms with van der Waals surface area (Å²) in [7, 11) is 0. The number of hydrogen-bond donors (Lipinski definition) is 1. The highest BCUT2D eigenvalue weighted by Crippen LogP contribution is 2.35. The van der Waals surface area contributed by atoms with E-state index in [-0.39, 0.29) is 28.9 Å². The van der Waals surface area contributed by atoms with Crippen molar-refractivity contribution in [3.8, 4) is 0 Å². The summed E-state index contributed by atoms with van der Waals surface area (Å²) in [6, 6.07) is 15.7. The van der Waals surface area contributed by atoms with Crippen molar-refractivity contribution in [2.24, 2.45) is 0 Å². The highest BCUT2D eigenvalue weighted by atomic mass is 35.5. The topological polar surface area (TPSA) is 88.6 Å². The number of furan rings is 1. The number of carbonyl (C=O) groups is 1. The molecule has 1 N–H and O–H groups in total. The van der Waals surface area contributed by atoms with Crippen molar-refractivity contribution in [3.63, 3.8) is 0 Å². The number of hydrogen-bond acceptors (Lipinski definition) is 5. The van der Waals surface area contributed by atoms with Crippen molar-refractivity contribution >= 4 is 28.9 Å². The maximum absolute atomic E-state index is 12.6. The summed E-state index contributed by atoms with van der Waals surface area (Å²) < 4.78 is 5.63. The van der Waals surface area contributed by atoms with Gasteiger partial charge in [0, 0.05) is 30.4 Å². The molecule has 7 nitrogen and oxygen atoms in total. The zero-order valence-corrected chi connectivity index (χ0v) is 16.1. The third kappa shape index (κ3) is 3.82. The predicted octanol–water partition coefficient (Wildman–Crippen LogP) is 4.38. The molecule has 1 atom stereocenters. The highest BCUT2D eigenvalue weighted by molar-refractivity contribution is 6.32. The molecule has 0 aliphatic carbocycles. The quantitative estimate of drug-likeness (QED) is 0.480. The van der Waals surface area contributed by atoms with Gasteiger partial charge in [-0.15, -0.1) is 0 Å². The van der Waals surface area contributed by atoms with Gasteiger partial charge in [0.05, 0.1) is 11.2 Å². The van der Waals surface area contributed by atoms with E-state index < -0.39 is 10.8 Å². The van der Waals surface area contributed by atoms with Crippen molar-refractivity contribution in [2.45, 2.75) is 12.5 Å². The maximum Gasteiger partial charge on any atom is 0.288 e. The summed E-state index contributed by atoms with van der Waals surface area (Å²) >= 11 is 5.83. The number of amides is 1. The lowest BCUT2D eigenvalue weighted by Gasteiger charge is -2.29. The Labute approximate surface area is 172 Å². The molecule has 3 aromatic rings. The Morgan fingerprint density at radius 3 is 2.83 bits per heavy atom. The standard InChI is InChI=1S/C21H18ClN3O4/c22-16-8-7-15(12-18(16)25(27)28)21(26)23-13-19(20-6-3-11-29-20)24-10-9-14-4-1-2-5-17(14)24/h1-8,11-12,19H,9-10,13H2,(H,23,26)/t19-/m0/s1. The molecule has 1 aliphatic rings. The molecule has 2 heterocycles. The van der Waals surface area contributed by atoms with Crippen LogP contribution in [0.2, 0.25) is 5.02 Å². The van der Waals surface area contributed by atoms with Gasteiger partial charge in [0.1, 0.15) is 16.8 Å². The Hall–Kier alpha value is -3.32. The average Bonchev–Trinajstić information content (AvgIpc) is 3.39. The van der Waals surface area contributed by atoms with Crippen LogP contribution in [0.15, 0.2) is 65.3 Å². The molecule has 1 aliphatic heterocycles. The first-order chi connectivity index (χ1) is 14.0. The Balaban J connectivity index is 1.55. The second-order valence-electron chi connectivity index (χ2n) is 6.74. The maximum atomic E-state index is 12.6. The van der Waals surface area contributed by atoms with E-state index in [1.807, 2.05) is 24.3 Å². The molecule has 0 radical (unpaired) electrons. The summed E-state index contributed by atoms with van der Waals surface area (Å²) in [5, 5.41) is 13.9. The lowest BCUT2D eigenvalue weighted by molar-refractivity contribution is -0.384. The van der Waals surface area contributed by atoms with Crippen molar-refractivity contribution < 1.29 is 14.1 Å². The minimum Gasteiger partial charge on any atom is -0.467 e. The van der Waals surface area contributed by atoms with Gasteiger partial charge in [-0.1, -0.05) is 29.8 Å². The van der Waals surface area contributed by atoms with E-state index >= 15 is 0 Å². The minimum atomic E-state index is -0.605. The molecule has 0 fully saturated rings. The molecule has 0 bridgehead atoms. The number of rotatable bonds is 6. The largest absolute Gasteiger partial charge is 0.467 e. The number of halogens is 1. The Kier molecular flexibility index (Phi) is 5.22. The molecule has 29 heavy (non-hydrogen) atoms. The fraction of sp³-hybridized carbons (Fsp3) is 0.190. The van der Waals surface area contributed by atoms with Crippen LogP contribution < -0.4 is 10.2 Å². The molecule has 148 valence electrons. The van der Waals surface area contributed by atoms with Gasteiger partial charge in [0.2, 0.25) is 0 Å². The van der Waals surface area contributed by atoms with E-state index in [0.29, 0.717) is 0 Å². The Morgan fingerprint density at radius 2 is 2.07 bits per heavy atom. The SMILES string of the molecule is O=C(NC[C@@H](c1ccco1)N1CCc2ccccc21)c1ccc(Cl)c([N+](=O)[O-])c1. The molecule has 8 heteroatoms. The summed E-state index contributed by atoms with van der Waals surface area (Å²) in [5.41, 5.74) is 2.26.